The van der Waals surface area contributed by atoms with Gasteiger partial charge in [0.05, 0.1) is 6.61 Å². The van der Waals surface area contributed by atoms with Gasteiger partial charge in [-0.1, -0.05) is 48.5 Å². The van der Waals surface area contributed by atoms with E-state index in [2.05, 4.69) is 0 Å². The molecule has 100 valence electrons. The summed E-state index contributed by atoms with van der Waals surface area (Å²) in [5.74, 6) is 0.783. The lowest BCUT2D eigenvalue weighted by Gasteiger charge is -2.13. The number of para-hydroxylation sites is 1. The van der Waals surface area contributed by atoms with Crippen molar-refractivity contribution in [2.24, 2.45) is 5.73 Å². The number of benzene rings is 2. The molecule has 0 aliphatic heterocycles. The van der Waals surface area contributed by atoms with E-state index in [-0.39, 0.29) is 12.8 Å². The van der Waals surface area contributed by atoms with E-state index >= 15 is 0 Å². The second-order valence-corrected chi connectivity index (χ2v) is 4.42. The highest BCUT2D eigenvalue weighted by atomic mass is 16.7. The Labute approximate surface area is 114 Å². The van der Waals surface area contributed by atoms with E-state index in [9.17, 15) is 0 Å². The highest BCUT2D eigenvalue weighted by molar-refractivity contribution is 5.35. The number of hydrogen-bond donors (Lipinski definition) is 1. The van der Waals surface area contributed by atoms with E-state index in [1.54, 1.807) is 0 Å². The maximum atomic E-state index is 5.89. The Hall–Kier alpha value is -1.84. The van der Waals surface area contributed by atoms with Crippen molar-refractivity contribution in [1.29, 1.82) is 0 Å². The minimum Gasteiger partial charge on any atom is -0.467 e. The van der Waals surface area contributed by atoms with E-state index < -0.39 is 0 Å². The normalized spacial score (nSPS) is 12.1. The SMILES string of the molecule is C[C@H](N)c1ccccc1OCOCc1ccccc1. The molecule has 2 aromatic rings. The van der Waals surface area contributed by atoms with Gasteiger partial charge in [0.15, 0.2) is 6.79 Å². The predicted octanol–water partition coefficient (Wildman–Crippen LogP) is 3.26. The first-order chi connectivity index (χ1) is 9.27. The summed E-state index contributed by atoms with van der Waals surface area (Å²) >= 11 is 0. The van der Waals surface area contributed by atoms with Gasteiger partial charge in [0.2, 0.25) is 0 Å². The quantitative estimate of drug-likeness (QED) is 0.638. The van der Waals surface area contributed by atoms with Gasteiger partial charge < -0.3 is 15.2 Å². The number of ether oxygens (including phenoxy) is 2. The van der Waals surface area contributed by atoms with Crippen LogP contribution in [0.25, 0.3) is 0 Å². The molecule has 0 bridgehead atoms. The van der Waals surface area contributed by atoms with Gasteiger partial charge in [-0.2, -0.15) is 0 Å². The second-order valence-electron chi connectivity index (χ2n) is 4.42. The van der Waals surface area contributed by atoms with Crippen LogP contribution in [0, 0.1) is 0 Å². The second kappa shape index (κ2) is 6.92. The lowest BCUT2D eigenvalue weighted by Crippen LogP contribution is -2.09. The number of rotatable bonds is 6. The van der Waals surface area contributed by atoms with Gasteiger partial charge in [-0.25, -0.2) is 0 Å². The standard InChI is InChI=1S/C16H19NO2/c1-13(17)15-9-5-6-10-16(15)19-12-18-11-14-7-3-2-4-8-14/h2-10,13H,11-12,17H2,1H3/t13-/m0/s1. The summed E-state index contributed by atoms with van der Waals surface area (Å²) in [6, 6.07) is 17.7. The average molecular weight is 257 g/mol. The maximum absolute atomic E-state index is 5.89. The molecule has 0 aliphatic rings. The Bertz CT molecular complexity index is 497. The fourth-order valence-corrected chi connectivity index (χ4v) is 1.83. The van der Waals surface area contributed by atoms with Gasteiger partial charge in [0.1, 0.15) is 5.75 Å². The minimum absolute atomic E-state index is 0.0506. The average Bonchev–Trinajstić information content (AvgIpc) is 2.45. The summed E-state index contributed by atoms with van der Waals surface area (Å²) < 4.78 is 11.1. The van der Waals surface area contributed by atoms with E-state index in [4.69, 9.17) is 15.2 Å². The zero-order chi connectivity index (χ0) is 13.5. The number of nitrogens with two attached hydrogens (primary N) is 1. The molecule has 2 aromatic carbocycles. The van der Waals surface area contributed by atoms with Crippen LogP contribution < -0.4 is 10.5 Å². The molecule has 3 nitrogen and oxygen atoms in total. The highest BCUT2D eigenvalue weighted by Crippen LogP contribution is 2.23. The molecule has 2 rings (SSSR count). The Balaban J connectivity index is 1.83. The molecule has 0 amide bonds. The molecule has 0 unspecified atom stereocenters. The molecule has 1 atom stereocenters. The van der Waals surface area contributed by atoms with Crippen molar-refractivity contribution in [3.8, 4) is 5.75 Å². The van der Waals surface area contributed by atoms with Crippen LogP contribution in [-0.2, 0) is 11.3 Å². The first kappa shape index (κ1) is 13.6. The summed E-state index contributed by atoms with van der Waals surface area (Å²) in [4.78, 5) is 0. The summed E-state index contributed by atoms with van der Waals surface area (Å²) in [6.07, 6.45) is 0. The molecule has 0 spiro atoms. The number of hydrogen-bond acceptors (Lipinski definition) is 3. The third-order valence-corrected chi connectivity index (χ3v) is 2.82. The lowest BCUT2D eigenvalue weighted by molar-refractivity contribution is 0.00441. The monoisotopic (exact) mass is 257 g/mol. The summed E-state index contributed by atoms with van der Waals surface area (Å²) in [7, 11) is 0. The first-order valence-electron chi connectivity index (χ1n) is 6.36. The summed E-state index contributed by atoms with van der Waals surface area (Å²) in [5.41, 5.74) is 8.01. The molecule has 0 radical (unpaired) electrons. The van der Waals surface area contributed by atoms with E-state index in [0.29, 0.717) is 6.61 Å². The summed E-state index contributed by atoms with van der Waals surface area (Å²) in [5, 5.41) is 0. The molecule has 19 heavy (non-hydrogen) atoms. The van der Waals surface area contributed by atoms with Gasteiger partial charge in [-0.15, -0.1) is 0 Å². The van der Waals surface area contributed by atoms with Gasteiger partial charge in [0, 0.05) is 11.6 Å². The van der Waals surface area contributed by atoms with Crippen LogP contribution in [0.1, 0.15) is 24.1 Å². The Kier molecular flexibility index (Phi) is 4.95. The van der Waals surface area contributed by atoms with Crippen LogP contribution in [0.3, 0.4) is 0 Å². The molecule has 2 N–H and O–H groups in total. The molecule has 0 heterocycles. The predicted molar refractivity (Wildman–Crippen MR) is 75.8 cm³/mol. The smallest absolute Gasteiger partial charge is 0.189 e. The van der Waals surface area contributed by atoms with Crippen LogP contribution >= 0.6 is 0 Å². The van der Waals surface area contributed by atoms with Crippen molar-refractivity contribution in [2.45, 2.75) is 19.6 Å². The molecule has 0 fully saturated rings. The van der Waals surface area contributed by atoms with E-state index in [1.807, 2.05) is 61.5 Å². The third kappa shape index (κ3) is 4.09. The molecule has 0 aromatic heterocycles. The Morgan fingerprint density at radius 3 is 2.42 bits per heavy atom. The molecule has 0 saturated carbocycles. The van der Waals surface area contributed by atoms with Crippen molar-refractivity contribution < 1.29 is 9.47 Å². The van der Waals surface area contributed by atoms with Gasteiger partial charge in [0.25, 0.3) is 0 Å². The third-order valence-electron chi connectivity index (χ3n) is 2.82. The zero-order valence-electron chi connectivity index (χ0n) is 11.1. The highest BCUT2D eigenvalue weighted by Gasteiger charge is 2.06. The topological polar surface area (TPSA) is 44.5 Å². The van der Waals surface area contributed by atoms with Crippen LogP contribution in [0.15, 0.2) is 54.6 Å². The van der Waals surface area contributed by atoms with Crippen LogP contribution in [0.4, 0.5) is 0 Å². The molecule has 0 saturated heterocycles. The van der Waals surface area contributed by atoms with Gasteiger partial charge in [-0.3, -0.25) is 0 Å². The van der Waals surface area contributed by atoms with Crippen molar-refractivity contribution in [2.75, 3.05) is 6.79 Å². The lowest BCUT2D eigenvalue weighted by atomic mass is 10.1. The maximum Gasteiger partial charge on any atom is 0.189 e. The van der Waals surface area contributed by atoms with Crippen molar-refractivity contribution in [3.63, 3.8) is 0 Å². The zero-order valence-corrected chi connectivity index (χ0v) is 11.1. The van der Waals surface area contributed by atoms with Crippen LogP contribution in [0.2, 0.25) is 0 Å². The van der Waals surface area contributed by atoms with Crippen LogP contribution in [0.5, 0.6) is 5.75 Å². The van der Waals surface area contributed by atoms with Crippen molar-refractivity contribution in [1.82, 2.24) is 0 Å². The minimum atomic E-state index is -0.0506. The van der Waals surface area contributed by atoms with E-state index in [1.165, 1.54) is 0 Å². The van der Waals surface area contributed by atoms with Gasteiger partial charge >= 0.3 is 0 Å². The Morgan fingerprint density at radius 1 is 1.00 bits per heavy atom. The molecule has 0 aliphatic carbocycles. The van der Waals surface area contributed by atoms with Crippen molar-refractivity contribution >= 4 is 0 Å². The fourth-order valence-electron chi connectivity index (χ4n) is 1.83. The fraction of sp³-hybridized carbons (Fsp3) is 0.250. The molecule has 3 heteroatoms. The van der Waals surface area contributed by atoms with Crippen molar-refractivity contribution in [3.05, 3.63) is 65.7 Å². The Morgan fingerprint density at radius 2 is 1.68 bits per heavy atom. The molecular weight excluding hydrogens is 238 g/mol. The first-order valence-corrected chi connectivity index (χ1v) is 6.36. The molecular formula is C16H19NO2. The largest absolute Gasteiger partial charge is 0.467 e. The summed E-state index contributed by atoms with van der Waals surface area (Å²) in [6.45, 7) is 2.70. The van der Waals surface area contributed by atoms with Crippen LogP contribution in [-0.4, -0.2) is 6.79 Å². The van der Waals surface area contributed by atoms with Gasteiger partial charge in [-0.05, 0) is 18.6 Å². The van der Waals surface area contributed by atoms with E-state index in [0.717, 1.165) is 16.9 Å².